The summed E-state index contributed by atoms with van der Waals surface area (Å²) >= 11 is 1.45. The minimum absolute atomic E-state index is 0.194. The van der Waals surface area contributed by atoms with Crippen LogP contribution in [0.3, 0.4) is 0 Å². The van der Waals surface area contributed by atoms with E-state index in [1.165, 1.54) is 35.0 Å². The van der Waals surface area contributed by atoms with Crippen molar-refractivity contribution in [1.82, 2.24) is 5.48 Å². The van der Waals surface area contributed by atoms with Crippen LogP contribution in [0.5, 0.6) is 0 Å². The van der Waals surface area contributed by atoms with Crippen LogP contribution in [0, 0.1) is 0 Å². The summed E-state index contributed by atoms with van der Waals surface area (Å²) in [4.78, 5) is 12.0. The van der Waals surface area contributed by atoms with Crippen molar-refractivity contribution in [3.63, 3.8) is 0 Å². The Kier molecular flexibility index (Phi) is 4.84. The monoisotopic (exact) mass is 374 g/mol. The average Bonchev–Trinajstić information content (AvgIpc) is 3.02. The second-order valence-electron chi connectivity index (χ2n) is 5.13. The number of amides is 1. The van der Waals surface area contributed by atoms with Gasteiger partial charge in [-0.25, -0.2) is 13.9 Å². The molecule has 1 aromatic heterocycles. The van der Waals surface area contributed by atoms with Gasteiger partial charge in [-0.2, -0.15) is 0 Å². The number of sulfonamides is 1. The number of fused-ring (bicyclic) bond motifs is 1. The first kappa shape index (κ1) is 17.2. The smallest absolute Gasteiger partial charge is 0.267 e. The van der Waals surface area contributed by atoms with Gasteiger partial charge in [-0.15, -0.1) is 11.3 Å². The molecule has 1 heterocycles. The van der Waals surface area contributed by atoms with E-state index in [0.29, 0.717) is 5.69 Å². The Hall–Kier alpha value is -2.68. The molecule has 0 aliphatic carbocycles. The molecule has 0 atom stereocenters. The summed E-state index contributed by atoms with van der Waals surface area (Å²) in [5.41, 5.74) is 1.98. The molecule has 25 heavy (non-hydrogen) atoms. The Morgan fingerprint density at radius 1 is 1.08 bits per heavy atom. The molecule has 3 aromatic rings. The Bertz CT molecular complexity index is 1040. The standard InChI is InChI=1S/C17H14N2O4S2/c20-17(18-21)9-7-14-11-12-10-13(6-8-16(12)24-14)19-25(22,23)15-4-2-1-3-5-15/h1-11,19,21H,(H,18,20)/b9-7+. The topological polar surface area (TPSA) is 95.5 Å². The molecule has 3 N–H and O–H groups in total. The number of hydrogen-bond donors (Lipinski definition) is 3. The molecule has 0 unspecified atom stereocenters. The number of hydroxylamine groups is 1. The number of carbonyl (C=O) groups is 1. The zero-order valence-electron chi connectivity index (χ0n) is 12.8. The summed E-state index contributed by atoms with van der Waals surface area (Å²) in [6, 6.07) is 15.2. The molecule has 0 bridgehead atoms. The lowest BCUT2D eigenvalue weighted by atomic mass is 10.2. The molecular weight excluding hydrogens is 360 g/mol. The van der Waals surface area contributed by atoms with Gasteiger partial charge in [-0.3, -0.25) is 14.7 Å². The maximum atomic E-state index is 12.4. The molecule has 1 amide bonds. The third kappa shape index (κ3) is 4.05. The van der Waals surface area contributed by atoms with Gasteiger partial charge in [0.15, 0.2) is 0 Å². The molecule has 2 aromatic carbocycles. The van der Waals surface area contributed by atoms with Crippen molar-refractivity contribution < 1.29 is 18.4 Å². The molecule has 0 fully saturated rings. The fourth-order valence-corrected chi connectivity index (χ4v) is 4.24. The summed E-state index contributed by atoms with van der Waals surface area (Å²) in [6.07, 6.45) is 2.79. The number of benzene rings is 2. The molecule has 8 heteroatoms. The highest BCUT2D eigenvalue weighted by Gasteiger charge is 2.13. The van der Waals surface area contributed by atoms with Crippen LogP contribution >= 0.6 is 11.3 Å². The van der Waals surface area contributed by atoms with Crippen molar-refractivity contribution in [3.8, 4) is 0 Å². The lowest BCUT2D eigenvalue weighted by Crippen LogP contribution is -2.14. The zero-order chi connectivity index (χ0) is 17.9. The van der Waals surface area contributed by atoms with Crippen LogP contribution in [-0.2, 0) is 14.8 Å². The predicted molar refractivity (Wildman–Crippen MR) is 98.0 cm³/mol. The second kappa shape index (κ2) is 7.06. The number of rotatable bonds is 5. The average molecular weight is 374 g/mol. The lowest BCUT2D eigenvalue weighted by molar-refractivity contribution is -0.124. The van der Waals surface area contributed by atoms with Crippen molar-refractivity contribution in [2.45, 2.75) is 4.90 Å². The number of hydrogen-bond acceptors (Lipinski definition) is 5. The van der Waals surface area contributed by atoms with Crippen LogP contribution in [0.1, 0.15) is 4.88 Å². The molecule has 0 spiro atoms. The van der Waals surface area contributed by atoms with Crippen molar-refractivity contribution in [2.75, 3.05) is 4.72 Å². The summed E-state index contributed by atoms with van der Waals surface area (Å²) < 4.78 is 28.2. The van der Waals surface area contributed by atoms with Crippen LogP contribution in [0.15, 0.2) is 65.6 Å². The Balaban J connectivity index is 1.86. The third-order valence-electron chi connectivity index (χ3n) is 3.35. The second-order valence-corrected chi connectivity index (χ2v) is 7.93. The lowest BCUT2D eigenvalue weighted by Gasteiger charge is -2.07. The molecular formula is C17H14N2O4S2. The SMILES string of the molecule is O=C(/C=C/c1cc2cc(NS(=O)(=O)c3ccccc3)ccc2s1)NO. The molecule has 6 nitrogen and oxygen atoms in total. The highest BCUT2D eigenvalue weighted by atomic mass is 32.2. The highest BCUT2D eigenvalue weighted by Crippen LogP contribution is 2.29. The maximum Gasteiger partial charge on any atom is 0.267 e. The summed E-state index contributed by atoms with van der Waals surface area (Å²) in [6.45, 7) is 0. The molecule has 0 saturated heterocycles. The van der Waals surface area contributed by atoms with Crippen molar-refractivity contribution >= 4 is 49.1 Å². The van der Waals surface area contributed by atoms with Gasteiger partial charge in [0.05, 0.1) is 4.90 Å². The van der Waals surface area contributed by atoms with Crippen LogP contribution in [0.4, 0.5) is 5.69 Å². The van der Waals surface area contributed by atoms with Gasteiger partial charge in [0.25, 0.3) is 15.9 Å². The fourth-order valence-electron chi connectivity index (χ4n) is 2.22. The van der Waals surface area contributed by atoms with Crippen LogP contribution in [0.2, 0.25) is 0 Å². The molecule has 128 valence electrons. The minimum Gasteiger partial charge on any atom is -0.288 e. The zero-order valence-corrected chi connectivity index (χ0v) is 14.5. The number of anilines is 1. The van der Waals surface area contributed by atoms with Crippen LogP contribution in [0.25, 0.3) is 16.2 Å². The summed E-state index contributed by atoms with van der Waals surface area (Å²) in [5.74, 6) is -0.617. The van der Waals surface area contributed by atoms with Gasteiger partial charge in [0, 0.05) is 21.3 Å². The van der Waals surface area contributed by atoms with E-state index in [9.17, 15) is 13.2 Å². The van der Waals surface area contributed by atoms with Crippen molar-refractivity contribution in [3.05, 3.63) is 65.6 Å². The highest BCUT2D eigenvalue weighted by molar-refractivity contribution is 7.92. The first-order valence-corrected chi connectivity index (χ1v) is 9.51. The Morgan fingerprint density at radius 3 is 2.56 bits per heavy atom. The quantitative estimate of drug-likeness (QED) is 0.363. The van der Waals surface area contributed by atoms with Crippen LogP contribution in [-0.4, -0.2) is 19.5 Å². The maximum absolute atomic E-state index is 12.4. The van der Waals surface area contributed by atoms with Gasteiger partial charge in [-0.1, -0.05) is 18.2 Å². The number of carbonyl (C=O) groups excluding carboxylic acids is 1. The summed E-state index contributed by atoms with van der Waals surface area (Å²) in [5, 5.41) is 9.33. The van der Waals surface area contributed by atoms with Gasteiger partial charge in [-0.05, 0) is 47.9 Å². The van der Waals surface area contributed by atoms with E-state index in [2.05, 4.69) is 4.72 Å². The number of thiophene rings is 1. The van der Waals surface area contributed by atoms with Gasteiger partial charge >= 0.3 is 0 Å². The Morgan fingerprint density at radius 2 is 1.84 bits per heavy atom. The largest absolute Gasteiger partial charge is 0.288 e. The molecule has 0 aliphatic heterocycles. The molecule has 0 saturated carbocycles. The number of nitrogens with one attached hydrogen (secondary N) is 2. The van der Waals surface area contributed by atoms with Crippen LogP contribution < -0.4 is 10.2 Å². The van der Waals surface area contributed by atoms with E-state index in [1.807, 2.05) is 12.1 Å². The van der Waals surface area contributed by atoms with Gasteiger partial charge in [0.2, 0.25) is 0 Å². The molecule has 3 rings (SSSR count). The van der Waals surface area contributed by atoms with E-state index in [4.69, 9.17) is 5.21 Å². The van der Waals surface area contributed by atoms with E-state index in [-0.39, 0.29) is 4.90 Å². The summed E-state index contributed by atoms with van der Waals surface area (Å²) in [7, 11) is -3.64. The predicted octanol–water partition coefficient (Wildman–Crippen LogP) is 3.22. The third-order valence-corrected chi connectivity index (χ3v) is 5.83. The van der Waals surface area contributed by atoms with Crippen molar-refractivity contribution in [2.24, 2.45) is 0 Å². The first-order chi connectivity index (χ1) is 12.0. The molecule has 0 radical (unpaired) electrons. The van der Waals surface area contributed by atoms with Crippen molar-refractivity contribution in [1.29, 1.82) is 0 Å². The van der Waals surface area contributed by atoms with E-state index in [1.54, 1.807) is 36.4 Å². The van der Waals surface area contributed by atoms with E-state index >= 15 is 0 Å². The normalized spacial score (nSPS) is 11.7. The van der Waals surface area contributed by atoms with E-state index < -0.39 is 15.9 Å². The fraction of sp³-hybridized carbons (Fsp3) is 0. The first-order valence-electron chi connectivity index (χ1n) is 7.21. The molecule has 0 aliphatic rings. The van der Waals surface area contributed by atoms with Gasteiger partial charge in [0.1, 0.15) is 0 Å². The van der Waals surface area contributed by atoms with E-state index in [0.717, 1.165) is 15.0 Å². The minimum atomic E-state index is -3.64. The Labute approximate surface area is 148 Å². The van der Waals surface area contributed by atoms with Gasteiger partial charge < -0.3 is 0 Å².